The minimum atomic E-state index is -0.663. The van der Waals surface area contributed by atoms with E-state index in [1.165, 1.54) is 11.2 Å². The van der Waals surface area contributed by atoms with Gasteiger partial charge in [-0.1, -0.05) is 23.7 Å². The Hall–Kier alpha value is -3.30. The van der Waals surface area contributed by atoms with Crippen molar-refractivity contribution in [2.24, 2.45) is 0 Å². The molecular formula is C25H29ClN4O5. The van der Waals surface area contributed by atoms with Gasteiger partial charge < -0.3 is 19.4 Å². The maximum absolute atomic E-state index is 13.1. The lowest BCUT2D eigenvalue weighted by Crippen LogP contribution is -2.56. The number of furan rings is 1. The summed E-state index contributed by atoms with van der Waals surface area (Å²) in [5.74, 6) is -0.313. The topological polar surface area (TPSA) is 95.3 Å². The fraction of sp³-hybridized carbons (Fsp3) is 0.400. The van der Waals surface area contributed by atoms with Crippen molar-refractivity contribution in [3.63, 3.8) is 0 Å². The van der Waals surface area contributed by atoms with Crippen LogP contribution in [0, 0.1) is 0 Å². The summed E-state index contributed by atoms with van der Waals surface area (Å²) in [7, 11) is 1.64. The molecule has 35 heavy (non-hydrogen) atoms. The fourth-order valence-corrected chi connectivity index (χ4v) is 4.66. The van der Waals surface area contributed by atoms with Gasteiger partial charge in [-0.25, -0.2) is 9.59 Å². The Kier molecular flexibility index (Phi) is 7.47. The maximum atomic E-state index is 13.1. The fourth-order valence-electron chi connectivity index (χ4n) is 4.54. The molecule has 10 heteroatoms. The monoisotopic (exact) mass is 500 g/mol. The average molecular weight is 501 g/mol. The quantitative estimate of drug-likeness (QED) is 0.611. The van der Waals surface area contributed by atoms with Crippen LogP contribution in [0.15, 0.2) is 58.3 Å². The summed E-state index contributed by atoms with van der Waals surface area (Å²) in [6.45, 7) is 5.95. The van der Waals surface area contributed by atoms with Gasteiger partial charge in [-0.2, -0.15) is 0 Å². The molecule has 0 bridgehead atoms. The molecule has 0 unspecified atom stereocenters. The lowest BCUT2D eigenvalue weighted by molar-refractivity contribution is -0.139. The molecule has 3 heterocycles. The van der Waals surface area contributed by atoms with Crippen LogP contribution in [0.5, 0.6) is 0 Å². The van der Waals surface area contributed by atoms with Gasteiger partial charge in [-0.15, -0.1) is 0 Å². The molecule has 9 nitrogen and oxygen atoms in total. The first-order chi connectivity index (χ1) is 16.8. The molecule has 1 aromatic carbocycles. The first-order valence-electron chi connectivity index (χ1n) is 11.6. The minimum absolute atomic E-state index is 0.0808. The van der Waals surface area contributed by atoms with E-state index in [0.717, 1.165) is 5.56 Å². The second-order valence-electron chi connectivity index (χ2n) is 8.63. The van der Waals surface area contributed by atoms with Gasteiger partial charge >= 0.3 is 12.0 Å². The van der Waals surface area contributed by atoms with Gasteiger partial charge in [0.05, 0.1) is 24.5 Å². The number of ether oxygens (including phenoxy) is 1. The molecule has 1 saturated heterocycles. The Labute approximate surface area is 209 Å². The van der Waals surface area contributed by atoms with Crippen LogP contribution in [-0.2, 0) is 9.53 Å². The predicted molar refractivity (Wildman–Crippen MR) is 130 cm³/mol. The van der Waals surface area contributed by atoms with Crippen molar-refractivity contribution in [3.8, 4) is 0 Å². The minimum Gasteiger partial charge on any atom is -0.463 e. The summed E-state index contributed by atoms with van der Waals surface area (Å²) in [4.78, 5) is 44.2. The number of likely N-dealkylation sites (N-methyl/N-ethyl adjacent to an activating group) is 1. The highest BCUT2D eigenvalue weighted by Gasteiger charge is 2.38. The van der Waals surface area contributed by atoms with Crippen molar-refractivity contribution in [2.45, 2.75) is 25.9 Å². The van der Waals surface area contributed by atoms with Crippen molar-refractivity contribution >= 4 is 29.5 Å². The molecule has 2 atom stereocenters. The van der Waals surface area contributed by atoms with Crippen LogP contribution in [0.25, 0.3) is 0 Å². The summed E-state index contributed by atoms with van der Waals surface area (Å²) in [5.41, 5.74) is 1.70. The average Bonchev–Trinajstić information content (AvgIpc) is 3.37. The Balaban J connectivity index is 1.61. The summed E-state index contributed by atoms with van der Waals surface area (Å²) in [6, 6.07) is 9.32. The van der Waals surface area contributed by atoms with Gasteiger partial charge in [0.15, 0.2) is 5.76 Å². The predicted octanol–water partition coefficient (Wildman–Crippen LogP) is 3.29. The molecule has 3 amide bonds. The number of benzene rings is 1. The zero-order chi connectivity index (χ0) is 25.1. The third-order valence-electron chi connectivity index (χ3n) is 6.35. The Morgan fingerprint density at radius 2 is 1.94 bits per heavy atom. The van der Waals surface area contributed by atoms with E-state index in [0.29, 0.717) is 48.2 Å². The van der Waals surface area contributed by atoms with Crippen LogP contribution in [0.2, 0.25) is 5.02 Å². The first kappa shape index (κ1) is 24.8. The van der Waals surface area contributed by atoms with E-state index in [9.17, 15) is 14.4 Å². The van der Waals surface area contributed by atoms with Gasteiger partial charge in [0.1, 0.15) is 0 Å². The van der Waals surface area contributed by atoms with Crippen molar-refractivity contribution in [2.75, 3.05) is 39.8 Å². The Morgan fingerprint density at radius 3 is 2.57 bits per heavy atom. The molecule has 2 aromatic rings. The highest BCUT2D eigenvalue weighted by Crippen LogP contribution is 2.32. The van der Waals surface area contributed by atoms with E-state index in [1.807, 2.05) is 6.92 Å². The first-order valence-corrected chi connectivity index (χ1v) is 11.9. The van der Waals surface area contributed by atoms with E-state index >= 15 is 0 Å². The number of amides is 3. The molecule has 1 aromatic heterocycles. The lowest BCUT2D eigenvalue weighted by atomic mass is 9.94. The second-order valence-corrected chi connectivity index (χ2v) is 9.07. The van der Waals surface area contributed by atoms with Crippen LogP contribution in [0.4, 0.5) is 4.79 Å². The molecule has 1 N–H and O–H groups in total. The van der Waals surface area contributed by atoms with E-state index in [-0.39, 0.29) is 24.6 Å². The van der Waals surface area contributed by atoms with Gasteiger partial charge in [-0.3, -0.25) is 14.6 Å². The number of nitrogens with zero attached hydrogens (tertiary/aromatic N) is 3. The number of carbonyl (C=O) groups excluding carboxylic acids is 3. The molecule has 2 aliphatic rings. The normalized spacial score (nSPS) is 21.2. The number of esters is 1. The molecule has 0 spiro atoms. The molecule has 186 valence electrons. The molecule has 1 fully saturated rings. The largest absolute Gasteiger partial charge is 0.463 e. The number of rotatable bonds is 6. The van der Waals surface area contributed by atoms with Crippen molar-refractivity contribution < 1.29 is 23.5 Å². The third-order valence-corrected chi connectivity index (χ3v) is 6.61. The van der Waals surface area contributed by atoms with Crippen LogP contribution < -0.4 is 5.32 Å². The number of hydrogen-bond donors (Lipinski definition) is 1. The summed E-state index contributed by atoms with van der Waals surface area (Å²) in [6.07, 6.45) is 1.48. The van der Waals surface area contributed by atoms with Crippen molar-refractivity contribution in [1.29, 1.82) is 0 Å². The molecule has 0 aliphatic carbocycles. The smallest absolute Gasteiger partial charge is 0.338 e. The molecule has 2 aliphatic heterocycles. The summed E-state index contributed by atoms with van der Waals surface area (Å²) in [5, 5.41) is 3.47. The van der Waals surface area contributed by atoms with Gasteiger partial charge in [0.25, 0.3) is 5.91 Å². The Morgan fingerprint density at radius 1 is 1.20 bits per heavy atom. The molecule has 0 saturated carbocycles. The SMILES string of the molecule is CCOC(=O)C1=C(CN2CCN(C(=O)c3ccco3)[C@H](C)C2)N(C)C(=O)N[C@@H]1c1ccc(Cl)cc1. The highest BCUT2D eigenvalue weighted by molar-refractivity contribution is 6.30. The zero-order valence-corrected chi connectivity index (χ0v) is 20.7. The van der Waals surface area contributed by atoms with Gasteiger partial charge in [0.2, 0.25) is 0 Å². The number of halogens is 1. The van der Waals surface area contributed by atoms with Crippen LogP contribution >= 0.6 is 11.6 Å². The number of hydrogen-bond acceptors (Lipinski definition) is 6. The lowest BCUT2D eigenvalue weighted by Gasteiger charge is -2.42. The zero-order valence-electron chi connectivity index (χ0n) is 20.0. The van der Waals surface area contributed by atoms with E-state index in [4.69, 9.17) is 20.8 Å². The summed E-state index contributed by atoms with van der Waals surface area (Å²) < 4.78 is 10.7. The van der Waals surface area contributed by atoms with Gasteiger partial charge in [-0.05, 0) is 43.7 Å². The third kappa shape index (κ3) is 5.21. The van der Waals surface area contributed by atoms with E-state index in [2.05, 4.69) is 10.2 Å². The van der Waals surface area contributed by atoms with Gasteiger partial charge in [0, 0.05) is 50.0 Å². The molecule has 4 rings (SSSR count). The standard InChI is InChI=1S/C25H29ClN4O5/c1-4-34-24(32)21-19(28(3)25(33)27-22(21)17-7-9-18(26)10-8-17)15-29-11-12-30(16(2)14-29)23(31)20-6-5-13-35-20/h5-10,13,16,22H,4,11-12,14-15H2,1-3H3,(H,27,33)/t16-,22-/m1/s1. The van der Waals surface area contributed by atoms with Crippen LogP contribution in [0.1, 0.15) is 36.0 Å². The highest BCUT2D eigenvalue weighted by atomic mass is 35.5. The van der Waals surface area contributed by atoms with E-state index < -0.39 is 12.0 Å². The second kappa shape index (κ2) is 10.5. The van der Waals surface area contributed by atoms with E-state index in [1.54, 1.807) is 55.3 Å². The van der Waals surface area contributed by atoms with Crippen LogP contribution in [-0.4, -0.2) is 78.5 Å². The number of carbonyl (C=O) groups is 3. The summed E-state index contributed by atoms with van der Waals surface area (Å²) >= 11 is 6.05. The number of nitrogens with one attached hydrogen (secondary N) is 1. The Bertz CT molecular complexity index is 1120. The number of urea groups is 1. The molecule has 0 radical (unpaired) electrons. The number of piperazine rings is 1. The van der Waals surface area contributed by atoms with Crippen LogP contribution in [0.3, 0.4) is 0 Å². The van der Waals surface area contributed by atoms with Crippen molar-refractivity contribution in [1.82, 2.24) is 20.0 Å². The van der Waals surface area contributed by atoms with Crippen molar-refractivity contribution in [3.05, 3.63) is 70.3 Å². The maximum Gasteiger partial charge on any atom is 0.338 e. The molecular weight excluding hydrogens is 472 g/mol.